The van der Waals surface area contributed by atoms with Crippen LogP contribution in [0.2, 0.25) is 0 Å². The van der Waals surface area contributed by atoms with E-state index in [1.807, 2.05) is 0 Å². The quantitative estimate of drug-likeness (QED) is 0.576. The summed E-state index contributed by atoms with van der Waals surface area (Å²) < 4.78 is 0. The van der Waals surface area contributed by atoms with Crippen molar-refractivity contribution in [3.05, 3.63) is 23.8 Å². The van der Waals surface area contributed by atoms with Gasteiger partial charge in [-0.05, 0) is 43.0 Å². The molecule has 0 radical (unpaired) electrons. The molecule has 0 aromatic heterocycles. The highest BCUT2D eigenvalue weighted by Crippen LogP contribution is 2.26. The summed E-state index contributed by atoms with van der Waals surface area (Å²) in [6, 6.07) is 3.95. The van der Waals surface area contributed by atoms with Crippen LogP contribution in [0, 0.1) is 5.41 Å². The lowest BCUT2D eigenvalue weighted by molar-refractivity contribution is -0.116. The van der Waals surface area contributed by atoms with Crippen LogP contribution in [0.3, 0.4) is 0 Å². The molecular weight excluding hydrogens is 272 g/mol. The molecule has 0 atom stereocenters. The van der Waals surface area contributed by atoms with E-state index >= 15 is 0 Å². The number of benzene rings is 1. The lowest BCUT2D eigenvalue weighted by Gasteiger charge is -2.23. The number of phenols is 1. The molecule has 1 amide bonds. The fourth-order valence-electron chi connectivity index (χ4n) is 1.98. The Balaban J connectivity index is 2.63. The van der Waals surface area contributed by atoms with Gasteiger partial charge in [0.05, 0.1) is 0 Å². The van der Waals surface area contributed by atoms with Crippen molar-refractivity contribution < 1.29 is 19.8 Å². The van der Waals surface area contributed by atoms with Gasteiger partial charge < -0.3 is 21.3 Å². The molecule has 0 fully saturated rings. The van der Waals surface area contributed by atoms with E-state index in [9.17, 15) is 14.7 Å². The van der Waals surface area contributed by atoms with E-state index in [1.54, 1.807) is 0 Å². The Labute approximate surface area is 124 Å². The highest BCUT2D eigenvalue weighted by atomic mass is 16.4. The molecule has 0 heterocycles. The second-order valence-corrected chi connectivity index (χ2v) is 5.79. The van der Waals surface area contributed by atoms with E-state index in [-0.39, 0.29) is 22.6 Å². The number of anilines is 1. The monoisotopic (exact) mass is 294 g/mol. The zero-order chi connectivity index (χ0) is 16.0. The Morgan fingerprint density at radius 3 is 2.52 bits per heavy atom. The third-order valence-electron chi connectivity index (χ3n) is 3.36. The van der Waals surface area contributed by atoms with Gasteiger partial charge in [0.1, 0.15) is 11.3 Å². The van der Waals surface area contributed by atoms with Gasteiger partial charge in [-0.1, -0.05) is 13.8 Å². The number of carboxylic acids is 1. The number of hydrogen-bond donors (Lipinski definition) is 4. The second-order valence-electron chi connectivity index (χ2n) is 5.79. The molecule has 21 heavy (non-hydrogen) atoms. The largest absolute Gasteiger partial charge is 0.507 e. The van der Waals surface area contributed by atoms with Crippen LogP contribution in [0.25, 0.3) is 0 Å². The molecule has 0 unspecified atom stereocenters. The molecule has 5 N–H and O–H groups in total. The van der Waals surface area contributed by atoms with Crippen molar-refractivity contribution in [2.75, 3.05) is 11.9 Å². The molecule has 6 nitrogen and oxygen atoms in total. The lowest BCUT2D eigenvalue weighted by Crippen LogP contribution is -2.20. The molecule has 1 rings (SSSR count). The summed E-state index contributed by atoms with van der Waals surface area (Å²) in [5.41, 5.74) is 5.63. The van der Waals surface area contributed by atoms with E-state index in [0.29, 0.717) is 25.1 Å². The first kappa shape index (κ1) is 17.0. The van der Waals surface area contributed by atoms with Gasteiger partial charge >= 0.3 is 5.97 Å². The van der Waals surface area contributed by atoms with Crippen LogP contribution in [0.5, 0.6) is 5.75 Å². The van der Waals surface area contributed by atoms with E-state index in [1.165, 1.54) is 18.2 Å². The molecule has 0 saturated heterocycles. The summed E-state index contributed by atoms with van der Waals surface area (Å²) in [4.78, 5) is 22.8. The predicted molar refractivity (Wildman–Crippen MR) is 80.4 cm³/mol. The average molecular weight is 294 g/mol. The first-order valence-corrected chi connectivity index (χ1v) is 6.81. The van der Waals surface area contributed by atoms with Crippen LogP contribution in [0.15, 0.2) is 18.2 Å². The molecule has 0 spiro atoms. The lowest BCUT2D eigenvalue weighted by atomic mass is 9.84. The van der Waals surface area contributed by atoms with Crippen LogP contribution < -0.4 is 11.1 Å². The minimum absolute atomic E-state index is 0.00668. The summed E-state index contributed by atoms with van der Waals surface area (Å²) in [6.07, 6.45) is 1.86. The standard InChI is InChI=1S/C15H22N2O4/c1-15(2,7-8-16)6-5-13(19)17-10-3-4-12(18)11(9-10)14(20)21/h3-4,9,18H,5-8,16H2,1-2H3,(H,17,19)(H,20,21). The van der Waals surface area contributed by atoms with Gasteiger partial charge in [0.2, 0.25) is 5.91 Å². The number of aromatic carboxylic acids is 1. The summed E-state index contributed by atoms with van der Waals surface area (Å²) in [7, 11) is 0. The maximum absolute atomic E-state index is 11.9. The number of hydrogen-bond acceptors (Lipinski definition) is 4. The number of nitrogens with two attached hydrogens (primary N) is 1. The number of rotatable bonds is 7. The highest BCUT2D eigenvalue weighted by Gasteiger charge is 2.18. The van der Waals surface area contributed by atoms with Crippen LogP contribution in [0.1, 0.15) is 43.5 Å². The zero-order valence-corrected chi connectivity index (χ0v) is 12.3. The van der Waals surface area contributed by atoms with E-state index in [4.69, 9.17) is 10.8 Å². The number of aromatic hydroxyl groups is 1. The molecule has 0 bridgehead atoms. The number of carboxylic acid groups (broad SMARTS) is 1. The normalized spacial score (nSPS) is 11.2. The Morgan fingerprint density at radius 2 is 1.95 bits per heavy atom. The Hall–Kier alpha value is -2.08. The highest BCUT2D eigenvalue weighted by molar-refractivity contribution is 5.95. The SMILES string of the molecule is CC(C)(CCN)CCC(=O)Nc1ccc(O)c(C(=O)O)c1. The maximum atomic E-state index is 11.9. The third-order valence-corrected chi connectivity index (χ3v) is 3.36. The summed E-state index contributed by atoms with van der Waals surface area (Å²) in [5, 5.41) is 20.9. The van der Waals surface area contributed by atoms with Crippen LogP contribution in [-0.4, -0.2) is 28.6 Å². The Kier molecular flexibility index (Phi) is 5.72. The maximum Gasteiger partial charge on any atom is 0.339 e. The van der Waals surface area contributed by atoms with Crippen molar-refractivity contribution >= 4 is 17.6 Å². The molecule has 6 heteroatoms. The average Bonchev–Trinajstić information content (AvgIpc) is 2.38. The molecule has 1 aromatic carbocycles. The van der Waals surface area contributed by atoms with Gasteiger partial charge in [-0.2, -0.15) is 0 Å². The summed E-state index contributed by atoms with van der Waals surface area (Å²) in [6.45, 7) is 4.68. The molecule has 116 valence electrons. The van der Waals surface area contributed by atoms with Crippen LogP contribution >= 0.6 is 0 Å². The molecule has 1 aromatic rings. The van der Waals surface area contributed by atoms with E-state index < -0.39 is 5.97 Å². The first-order chi connectivity index (χ1) is 9.75. The number of carbonyl (C=O) groups is 2. The van der Waals surface area contributed by atoms with Gasteiger partial charge in [-0.25, -0.2) is 4.79 Å². The van der Waals surface area contributed by atoms with Crippen molar-refractivity contribution in [3.63, 3.8) is 0 Å². The molecular formula is C15H22N2O4. The second kappa shape index (κ2) is 7.08. The van der Waals surface area contributed by atoms with Gasteiger partial charge in [0.15, 0.2) is 0 Å². The van der Waals surface area contributed by atoms with Gasteiger partial charge in [0.25, 0.3) is 0 Å². The molecule has 0 aliphatic carbocycles. The van der Waals surface area contributed by atoms with E-state index in [0.717, 1.165) is 6.42 Å². The minimum atomic E-state index is -1.24. The minimum Gasteiger partial charge on any atom is -0.507 e. The van der Waals surface area contributed by atoms with Gasteiger partial charge in [-0.3, -0.25) is 4.79 Å². The molecule has 0 aliphatic heterocycles. The Morgan fingerprint density at radius 1 is 1.29 bits per heavy atom. The summed E-state index contributed by atoms with van der Waals surface area (Å²) in [5.74, 6) is -1.76. The fourth-order valence-corrected chi connectivity index (χ4v) is 1.98. The zero-order valence-electron chi connectivity index (χ0n) is 12.3. The van der Waals surface area contributed by atoms with E-state index in [2.05, 4.69) is 19.2 Å². The van der Waals surface area contributed by atoms with Crippen molar-refractivity contribution in [2.45, 2.75) is 33.1 Å². The molecule has 0 aliphatic rings. The fraction of sp³-hybridized carbons (Fsp3) is 0.467. The van der Waals surface area contributed by atoms with Crippen molar-refractivity contribution in [1.29, 1.82) is 0 Å². The number of nitrogens with one attached hydrogen (secondary N) is 1. The number of carbonyl (C=O) groups excluding carboxylic acids is 1. The Bertz CT molecular complexity index is 526. The van der Waals surface area contributed by atoms with Crippen molar-refractivity contribution in [3.8, 4) is 5.75 Å². The third kappa shape index (κ3) is 5.43. The topological polar surface area (TPSA) is 113 Å². The smallest absolute Gasteiger partial charge is 0.339 e. The number of amides is 1. The van der Waals surface area contributed by atoms with Crippen molar-refractivity contribution in [1.82, 2.24) is 0 Å². The summed E-state index contributed by atoms with van der Waals surface area (Å²) >= 11 is 0. The van der Waals surface area contributed by atoms with Gasteiger partial charge in [0, 0.05) is 12.1 Å². The van der Waals surface area contributed by atoms with Crippen molar-refractivity contribution in [2.24, 2.45) is 11.1 Å². The van der Waals surface area contributed by atoms with Gasteiger partial charge in [-0.15, -0.1) is 0 Å². The molecule has 0 saturated carbocycles. The van der Waals surface area contributed by atoms with Crippen LogP contribution in [0.4, 0.5) is 5.69 Å². The van der Waals surface area contributed by atoms with Crippen LogP contribution in [-0.2, 0) is 4.79 Å². The predicted octanol–water partition coefficient (Wildman–Crippen LogP) is 2.18. The first-order valence-electron chi connectivity index (χ1n) is 6.81.